The van der Waals surface area contributed by atoms with Crippen molar-refractivity contribution >= 4 is 0 Å². The van der Waals surface area contributed by atoms with E-state index < -0.39 is 17.8 Å². The van der Waals surface area contributed by atoms with Crippen LogP contribution in [0.3, 0.4) is 0 Å². The van der Waals surface area contributed by atoms with Gasteiger partial charge in [-0.05, 0) is 36.6 Å². The summed E-state index contributed by atoms with van der Waals surface area (Å²) in [6.07, 6.45) is 0.00343. The van der Waals surface area contributed by atoms with Crippen molar-refractivity contribution in [2.24, 2.45) is 0 Å². The first-order valence-corrected chi connectivity index (χ1v) is 10.6. The molecule has 2 aromatic carbocycles. The van der Waals surface area contributed by atoms with Crippen LogP contribution in [0.5, 0.6) is 5.75 Å². The Balaban J connectivity index is 1.60. The van der Waals surface area contributed by atoms with E-state index in [4.69, 9.17) is 4.74 Å². The maximum absolute atomic E-state index is 13.3. The Morgan fingerprint density at radius 3 is 2.47 bits per heavy atom. The molecule has 7 heteroatoms. The molecule has 1 aromatic heterocycles. The molecular formula is C25H24F3NO3. The van der Waals surface area contributed by atoms with Crippen molar-refractivity contribution in [3.63, 3.8) is 0 Å². The summed E-state index contributed by atoms with van der Waals surface area (Å²) in [5.74, 6) is 0.388. The summed E-state index contributed by atoms with van der Waals surface area (Å²) in [6.45, 7) is -0.252. The molecule has 1 fully saturated rings. The fourth-order valence-corrected chi connectivity index (χ4v) is 4.26. The lowest BCUT2D eigenvalue weighted by Gasteiger charge is -2.29. The molecule has 1 aliphatic rings. The largest absolute Gasteiger partial charge is 0.488 e. The quantitative estimate of drug-likeness (QED) is 0.559. The van der Waals surface area contributed by atoms with Gasteiger partial charge in [0.05, 0.1) is 17.7 Å². The van der Waals surface area contributed by atoms with Crippen LogP contribution in [0.2, 0.25) is 0 Å². The van der Waals surface area contributed by atoms with E-state index in [1.165, 1.54) is 18.2 Å². The van der Waals surface area contributed by atoms with Gasteiger partial charge in [-0.25, -0.2) is 0 Å². The second kappa shape index (κ2) is 9.20. The van der Waals surface area contributed by atoms with Crippen LogP contribution < -0.4 is 10.3 Å². The molecule has 1 aliphatic carbocycles. The number of rotatable bonds is 5. The Kier molecular flexibility index (Phi) is 6.37. The number of nitrogens with zero attached hydrogens (tertiary/aromatic N) is 1. The minimum atomic E-state index is -4.46. The highest BCUT2D eigenvalue weighted by Crippen LogP contribution is 2.34. The van der Waals surface area contributed by atoms with Crippen molar-refractivity contribution in [3.8, 4) is 16.9 Å². The Hall–Kier alpha value is -3.06. The number of alkyl halides is 3. The van der Waals surface area contributed by atoms with Gasteiger partial charge in [-0.1, -0.05) is 49.2 Å². The average Bonchev–Trinajstić information content (AvgIpc) is 2.78. The normalized spacial score (nSPS) is 19.0. The molecule has 0 radical (unpaired) electrons. The Morgan fingerprint density at radius 1 is 1.00 bits per heavy atom. The van der Waals surface area contributed by atoms with Gasteiger partial charge in [-0.3, -0.25) is 4.79 Å². The third-order valence-electron chi connectivity index (χ3n) is 5.90. The second-order valence-electron chi connectivity index (χ2n) is 8.02. The number of aliphatic hydroxyl groups is 1. The van der Waals surface area contributed by atoms with Gasteiger partial charge in [0, 0.05) is 23.4 Å². The van der Waals surface area contributed by atoms with Crippen LogP contribution in [-0.2, 0) is 12.8 Å². The second-order valence-corrected chi connectivity index (χ2v) is 8.02. The van der Waals surface area contributed by atoms with Gasteiger partial charge in [0.1, 0.15) is 12.4 Å². The van der Waals surface area contributed by atoms with Gasteiger partial charge in [0.2, 0.25) is 0 Å². The highest BCUT2D eigenvalue weighted by Gasteiger charge is 2.33. The number of aromatic nitrogens is 1. The summed E-state index contributed by atoms with van der Waals surface area (Å²) in [6, 6.07) is 15.3. The number of hydrogen-bond acceptors (Lipinski definition) is 3. The number of benzene rings is 2. The van der Waals surface area contributed by atoms with Crippen LogP contribution in [0, 0.1) is 0 Å². The van der Waals surface area contributed by atoms with E-state index in [1.807, 2.05) is 0 Å². The topological polar surface area (TPSA) is 51.5 Å². The Bertz CT molecular complexity index is 1140. The van der Waals surface area contributed by atoms with Gasteiger partial charge in [-0.2, -0.15) is 13.2 Å². The molecule has 0 spiro atoms. The monoisotopic (exact) mass is 443 g/mol. The molecular weight excluding hydrogens is 419 g/mol. The fraction of sp³-hybridized carbons (Fsp3) is 0.320. The zero-order valence-electron chi connectivity index (χ0n) is 17.4. The summed E-state index contributed by atoms with van der Waals surface area (Å²) in [7, 11) is 0. The maximum atomic E-state index is 13.3. The highest BCUT2D eigenvalue weighted by atomic mass is 19.4. The van der Waals surface area contributed by atoms with E-state index in [-0.39, 0.29) is 23.8 Å². The van der Waals surface area contributed by atoms with Gasteiger partial charge in [-0.15, -0.1) is 0 Å². The van der Waals surface area contributed by atoms with Crippen molar-refractivity contribution in [2.45, 2.75) is 50.6 Å². The van der Waals surface area contributed by atoms with E-state index in [9.17, 15) is 23.1 Å². The first kappa shape index (κ1) is 22.1. The van der Waals surface area contributed by atoms with Crippen molar-refractivity contribution in [2.75, 3.05) is 0 Å². The average molecular weight is 443 g/mol. The standard InChI is InChI=1S/C25H24F3NO3/c26-25(27,28)20-9-3-1-7-18(20)16-32-23-12-6-2-8-19(23)17-13-14-29(24(31)15-17)21-10-4-5-11-22(21)30/h1-3,6-9,12-15,21-22,30H,4-5,10-11,16H2/t21-,22-/m0/s1. The smallest absolute Gasteiger partial charge is 0.416 e. The molecule has 0 aliphatic heterocycles. The first-order valence-electron chi connectivity index (χ1n) is 10.6. The molecule has 3 aromatic rings. The lowest BCUT2D eigenvalue weighted by atomic mass is 9.92. The summed E-state index contributed by atoms with van der Waals surface area (Å²) in [5.41, 5.74) is 0.301. The molecule has 32 heavy (non-hydrogen) atoms. The summed E-state index contributed by atoms with van der Waals surface area (Å²) in [4.78, 5) is 12.8. The number of halogens is 3. The van der Waals surface area contributed by atoms with E-state index >= 15 is 0 Å². The lowest BCUT2D eigenvalue weighted by molar-refractivity contribution is -0.138. The van der Waals surface area contributed by atoms with Crippen molar-refractivity contribution in [1.29, 1.82) is 0 Å². The van der Waals surface area contributed by atoms with E-state index in [2.05, 4.69) is 0 Å². The predicted molar refractivity (Wildman–Crippen MR) is 115 cm³/mol. The zero-order chi connectivity index (χ0) is 22.7. The van der Waals surface area contributed by atoms with Crippen LogP contribution in [0.4, 0.5) is 13.2 Å². The minimum Gasteiger partial charge on any atom is -0.488 e. The molecule has 0 amide bonds. The van der Waals surface area contributed by atoms with Crippen molar-refractivity contribution < 1.29 is 23.0 Å². The van der Waals surface area contributed by atoms with Crippen LogP contribution >= 0.6 is 0 Å². The molecule has 1 N–H and O–H groups in total. The van der Waals surface area contributed by atoms with Crippen molar-refractivity contribution in [3.05, 3.63) is 88.3 Å². The summed E-state index contributed by atoms with van der Waals surface area (Å²) in [5, 5.41) is 10.3. The Morgan fingerprint density at radius 2 is 1.72 bits per heavy atom. The van der Waals surface area contributed by atoms with Gasteiger partial charge in [0.25, 0.3) is 5.56 Å². The lowest BCUT2D eigenvalue weighted by Crippen LogP contribution is -2.34. The third kappa shape index (κ3) is 4.72. The molecule has 4 rings (SSSR count). The van der Waals surface area contributed by atoms with Gasteiger partial charge >= 0.3 is 6.18 Å². The highest BCUT2D eigenvalue weighted by molar-refractivity contribution is 5.69. The molecule has 1 heterocycles. The van der Waals surface area contributed by atoms with Crippen LogP contribution in [-0.4, -0.2) is 15.8 Å². The predicted octanol–water partition coefficient (Wildman–Crippen LogP) is 5.59. The molecule has 0 saturated heterocycles. The molecule has 0 unspecified atom stereocenters. The van der Waals surface area contributed by atoms with E-state index in [0.717, 1.165) is 25.3 Å². The maximum Gasteiger partial charge on any atom is 0.416 e. The first-order chi connectivity index (χ1) is 15.3. The number of pyridine rings is 1. The number of ether oxygens (including phenoxy) is 1. The minimum absolute atomic E-state index is 0.0384. The number of hydrogen-bond donors (Lipinski definition) is 1. The number of aliphatic hydroxyl groups excluding tert-OH is 1. The van der Waals surface area contributed by atoms with Crippen LogP contribution in [0.1, 0.15) is 42.9 Å². The van der Waals surface area contributed by atoms with Gasteiger partial charge in [0.15, 0.2) is 0 Å². The van der Waals surface area contributed by atoms with E-state index in [0.29, 0.717) is 23.3 Å². The summed E-state index contributed by atoms with van der Waals surface area (Å²) < 4.78 is 47.1. The molecule has 2 atom stereocenters. The molecule has 4 nitrogen and oxygen atoms in total. The summed E-state index contributed by atoms with van der Waals surface area (Å²) >= 11 is 0. The number of para-hydroxylation sites is 1. The molecule has 168 valence electrons. The van der Waals surface area contributed by atoms with Gasteiger partial charge < -0.3 is 14.4 Å². The molecule has 0 bridgehead atoms. The third-order valence-corrected chi connectivity index (χ3v) is 5.90. The van der Waals surface area contributed by atoms with Crippen molar-refractivity contribution in [1.82, 2.24) is 4.57 Å². The van der Waals surface area contributed by atoms with Crippen LogP contribution in [0.25, 0.3) is 11.1 Å². The Labute approximate surface area is 183 Å². The van der Waals surface area contributed by atoms with Crippen LogP contribution in [0.15, 0.2) is 71.7 Å². The fourth-order valence-electron chi connectivity index (χ4n) is 4.26. The zero-order valence-corrected chi connectivity index (χ0v) is 17.4. The van der Waals surface area contributed by atoms with E-state index in [1.54, 1.807) is 47.2 Å². The molecule has 1 saturated carbocycles. The SMILES string of the molecule is O=c1cc(-c2ccccc2OCc2ccccc2C(F)(F)F)ccn1[C@H]1CCCC[C@@H]1O.